The van der Waals surface area contributed by atoms with E-state index in [0.29, 0.717) is 53.9 Å². The van der Waals surface area contributed by atoms with Gasteiger partial charge in [-0.05, 0) is 49.2 Å². The van der Waals surface area contributed by atoms with Crippen molar-refractivity contribution in [2.45, 2.75) is 25.0 Å². The number of fused-ring (bicyclic) bond motifs is 1. The number of ketones is 1. The Kier molecular flexibility index (Phi) is 6.25. The van der Waals surface area contributed by atoms with E-state index >= 15 is 0 Å². The summed E-state index contributed by atoms with van der Waals surface area (Å²) in [5.74, 6) is 0.234. The van der Waals surface area contributed by atoms with Crippen molar-refractivity contribution in [2.24, 2.45) is 0 Å². The number of carbonyl (C=O) groups excluding carboxylic acids is 2. The van der Waals surface area contributed by atoms with Crippen LogP contribution in [0.3, 0.4) is 0 Å². The fourth-order valence-corrected chi connectivity index (χ4v) is 4.80. The Labute approximate surface area is 202 Å². The zero-order chi connectivity index (χ0) is 24.5. The van der Waals surface area contributed by atoms with Crippen LogP contribution in [0, 0.1) is 0 Å². The topological polar surface area (TPSA) is 104 Å². The van der Waals surface area contributed by atoms with Gasteiger partial charge in [-0.15, -0.1) is 0 Å². The molecular formula is C26H27NO8. The molecule has 0 aliphatic carbocycles. The number of nitrogens with zero attached hydrogens (tertiary/aromatic N) is 1. The number of methoxy groups -OCH3 is 2. The molecule has 3 heterocycles. The first-order valence-corrected chi connectivity index (χ1v) is 11.5. The van der Waals surface area contributed by atoms with Crippen LogP contribution in [0.25, 0.3) is 5.76 Å². The summed E-state index contributed by atoms with van der Waals surface area (Å²) in [6.07, 6.45) is 1.48. The number of aliphatic hydroxyl groups excluding tert-OH is 1. The van der Waals surface area contributed by atoms with Crippen LogP contribution in [0.4, 0.5) is 0 Å². The van der Waals surface area contributed by atoms with E-state index in [4.69, 9.17) is 23.7 Å². The lowest BCUT2D eigenvalue weighted by molar-refractivity contribution is -0.140. The van der Waals surface area contributed by atoms with Crippen LogP contribution in [0.15, 0.2) is 42.0 Å². The molecule has 3 aliphatic rings. The maximum absolute atomic E-state index is 13.4. The molecular weight excluding hydrogens is 454 g/mol. The maximum Gasteiger partial charge on any atom is 0.295 e. The Hall–Kier alpha value is -3.72. The summed E-state index contributed by atoms with van der Waals surface area (Å²) in [5, 5.41) is 11.4. The SMILES string of the molecule is COc1ccc(OC)c([C@@H]2C(=C(O)c3ccc4c(c3)OCCO4)C(=O)C(=O)N2C[C@@H]2CCCO2)c1. The minimum atomic E-state index is -0.891. The summed E-state index contributed by atoms with van der Waals surface area (Å²) < 4.78 is 27.9. The van der Waals surface area contributed by atoms with Crippen molar-refractivity contribution in [3.63, 3.8) is 0 Å². The molecule has 2 atom stereocenters. The van der Waals surface area contributed by atoms with Crippen molar-refractivity contribution in [1.82, 2.24) is 4.90 Å². The average Bonchev–Trinajstić information content (AvgIpc) is 3.50. The summed E-state index contributed by atoms with van der Waals surface area (Å²) in [6.45, 7) is 1.64. The highest BCUT2D eigenvalue weighted by molar-refractivity contribution is 6.46. The molecule has 184 valence electrons. The predicted molar refractivity (Wildman–Crippen MR) is 125 cm³/mol. The fourth-order valence-electron chi connectivity index (χ4n) is 4.80. The highest BCUT2D eigenvalue weighted by Crippen LogP contribution is 2.45. The molecule has 3 aliphatic heterocycles. The molecule has 9 nitrogen and oxygen atoms in total. The van der Waals surface area contributed by atoms with Crippen molar-refractivity contribution in [2.75, 3.05) is 40.6 Å². The third kappa shape index (κ3) is 4.16. The number of benzene rings is 2. The van der Waals surface area contributed by atoms with Crippen LogP contribution >= 0.6 is 0 Å². The zero-order valence-electron chi connectivity index (χ0n) is 19.6. The van der Waals surface area contributed by atoms with Gasteiger partial charge in [0.25, 0.3) is 11.7 Å². The van der Waals surface area contributed by atoms with Gasteiger partial charge in [0.2, 0.25) is 0 Å². The molecule has 5 rings (SSSR count). The van der Waals surface area contributed by atoms with E-state index in [1.54, 1.807) is 36.4 Å². The molecule has 35 heavy (non-hydrogen) atoms. The van der Waals surface area contributed by atoms with Crippen LogP contribution < -0.4 is 18.9 Å². The van der Waals surface area contributed by atoms with Gasteiger partial charge < -0.3 is 33.7 Å². The molecule has 0 radical (unpaired) electrons. The zero-order valence-corrected chi connectivity index (χ0v) is 19.6. The van der Waals surface area contributed by atoms with Crippen LogP contribution in [0.2, 0.25) is 0 Å². The standard InChI is InChI=1S/C26H27NO8/c1-31-16-6-8-19(32-2)18(13-16)23-22(25(29)26(30)27(23)14-17-4-3-9-33-17)24(28)15-5-7-20-21(12-15)35-11-10-34-20/h5-8,12-13,17,23,28H,3-4,9-11,14H2,1-2H3/t17-,23+/m0/s1. The molecule has 1 N–H and O–H groups in total. The normalized spacial score (nSPS) is 23.0. The molecule has 1 amide bonds. The first-order valence-electron chi connectivity index (χ1n) is 11.5. The van der Waals surface area contributed by atoms with E-state index in [2.05, 4.69) is 0 Å². The molecule has 2 aromatic carbocycles. The van der Waals surface area contributed by atoms with E-state index in [1.807, 2.05) is 0 Å². The summed E-state index contributed by atoms with van der Waals surface area (Å²) >= 11 is 0. The number of rotatable bonds is 6. The monoisotopic (exact) mass is 481 g/mol. The lowest BCUT2D eigenvalue weighted by Gasteiger charge is -2.28. The Morgan fingerprint density at radius 2 is 1.83 bits per heavy atom. The van der Waals surface area contributed by atoms with Crippen molar-refractivity contribution in [3.8, 4) is 23.0 Å². The molecule has 0 aromatic heterocycles. The van der Waals surface area contributed by atoms with Crippen LogP contribution in [-0.2, 0) is 14.3 Å². The fraction of sp³-hybridized carbons (Fsp3) is 0.385. The van der Waals surface area contributed by atoms with Gasteiger partial charge in [0, 0.05) is 24.3 Å². The minimum Gasteiger partial charge on any atom is -0.507 e. The number of likely N-dealkylation sites (tertiary alicyclic amines) is 1. The summed E-state index contributed by atoms with van der Waals surface area (Å²) in [6, 6.07) is 9.19. The van der Waals surface area contributed by atoms with Gasteiger partial charge in [0.1, 0.15) is 30.5 Å². The molecule has 2 saturated heterocycles. The van der Waals surface area contributed by atoms with E-state index in [0.717, 1.165) is 12.8 Å². The first kappa shape index (κ1) is 23.0. The molecule has 2 aromatic rings. The first-order chi connectivity index (χ1) is 17.0. The predicted octanol–water partition coefficient (Wildman–Crippen LogP) is 3.08. The van der Waals surface area contributed by atoms with Gasteiger partial charge in [-0.3, -0.25) is 9.59 Å². The summed E-state index contributed by atoms with van der Waals surface area (Å²) in [5.41, 5.74) is 0.843. The summed E-state index contributed by atoms with van der Waals surface area (Å²) in [4.78, 5) is 28.1. The lowest BCUT2D eigenvalue weighted by atomic mass is 9.94. The molecule has 0 saturated carbocycles. The number of aliphatic hydroxyl groups is 1. The molecule has 0 unspecified atom stereocenters. The molecule has 0 bridgehead atoms. The Bertz CT molecular complexity index is 1180. The number of carbonyl (C=O) groups is 2. The van der Waals surface area contributed by atoms with Crippen molar-refractivity contribution < 1.29 is 38.4 Å². The van der Waals surface area contributed by atoms with E-state index < -0.39 is 17.7 Å². The van der Waals surface area contributed by atoms with Crippen molar-refractivity contribution in [1.29, 1.82) is 0 Å². The van der Waals surface area contributed by atoms with Crippen molar-refractivity contribution in [3.05, 3.63) is 53.1 Å². The third-order valence-corrected chi connectivity index (χ3v) is 6.51. The second-order valence-electron chi connectivity index (χ2n) is 8.55. The van der Waals surface area contributed by atoms with Gasteiger partial charge in [0.15, 0.2) is 11.5 Å². The quantitative estimate of drug-likeness (QED) is 0.382. The molecule has 0 spiro atoms. The Morgan fingerprint density at radius 1 is 1.03 bits per heavy atom. The van der Waals surface area contributed by atoms with Gasteiger partial charge >= 0.3 is 0 Å². The van der Waals surface area contributed by atoms with Gasteiger partial charge in [-0.25, -0.2) is 0 Å². The van der Waals surface area contributed by atoms with E-state index in [1.165, 1.54) is 19.1 Å². The molecule has 2 fully saturated rings. The average molecular weight is 482 g/mol. The minimum absolute atomic E-state index is 0.0313. The number of amides is 1. The maximum atomic E-state index is 13.4. The highest BCUT2D eigenvalue weighted by Gasteiger charge is 2.48. The highest BCUT2D eigenvalue weighted by atomic mass is 16.6. The summed E-state index contributed by atoms with van der Waals surface area (Å²) in [7, 11) is 3.04. The largest absolute Gasteiger partial charge is 0.507 e. The Balaban J connectivity index is 1.66. The van der Waals surface area contributed by atoms with Gasteiger partial charge in [0.05, 0.1) is 31.9 Å². The van der Waals surface area contributed by atoms with Crippen LogP contribution in [0.1, 0.15) is 30.0 Å². The van der Waals surface area contributed by atoms with Crippen LogP contribution in [0.5, 0.6) is 23.0 Å². The van der Waals surface area contributed by atoms with Crippen LogP contribution in [-0.4, -0.2) is 68.4 Å². The van der Waals surface area contributed by atoms with Gasteiger partial charge in [-0.1, -0.05) is 0 Å². The lowest BCUT2D eigenvalue weighted by Crippen LogP contribution is -2.36. The second-order valence-corrected chi connectivity index (χ2v) is 8.55. The number of hydrogen-bond donors (Lipinski definition) is 1. The van der Waals surface area contributed by atoms with Gasteiger partial charge in [-0.2, -0.15) is 0 Å². The Morgan fingerprint density at radius 3 is 2.54 bits per heavy atom. The van der Waals surface area contributed by atoms with Crippen molar-refractivity contribution >= 4 is 17.4 Å². The number of Topliss-reactive ketones (excluding diaryl/α,β-unsaturated/α-hetero) is 1. The second kappa shape index (κ2) is 9.50. The van der Waals surface area contributed by atoms with E-state index in [-0.39, 0.29) is 24.0 Å². The number of hydrogen-bond acceptors (Lipinski definition) is 8. The third-order valence-electron chi connectivity index (χ3n) is 6.51. The van der Waals surface area contributed by atoms with E-state index in [9.17, 15) is 14.7 Å². The molecule has 9 heteroatoms. The smallest absolute Gasteiger partial charge is 0.295 e. The number of ether oxygens (including phenoxy) is 5.